The van der Waals surface area contributed by atoms with E-state index in [9.17, 15) is 8.78 Å². The van der Waals surface area contributed by atoms with Crippen molar-refractivity contribution in [2.24, 2.45) is 5.92 Å². The molecule has 0 saturated heterocycles. The molecule has 1 saturated carbocycles. The lowest BCUT2D eigenvalue weighted by Gasteiger charge is -2.34. The van der Waals surface area contributed by atoms with Gasteiger partial charge in [0, 0.05) is 12.6 Å². The number of aliphatic hydroxyl groups excluding tert-OH is 1. The maximum atomic E-state index is 11.8. The van der Waals surface area contributed by atoms with E-state index < -0.39 is 12.5 Å². The molecule has 1 atom stereocenters. The van der Waals surface area contributed by atoms with E-state index in [1.807, 2.05) is 0 Å². The molecule has 1 unspecified atom stereocenters. The highest BCUT2D eigenvalue weighted by Crippen LogP contribution is 2.26. The van der Waals surface area contributed by atoms with Crippen LogP contribution in [0.3, 0.4) is 0 Å². The van der Waals surface area contributed by atoms with Gasteiger partial charge in [0.25, 0.3) is 6.43 Å². The highest BCUT2D eigenvalue weighted by atomic mass is 19.3. The van der Waals surface area contributed by atoms with Crippen LogP contribution < -0.4 is 5.32 Å². The molecule has 0 bridgehead atoms. The van der Waals surface area contributed by atoms with Gasteiger partial charge < -0.3 is 10.4 Å². The Bertz CT molecular complexity index is 137. The molecule has 2 nitrogen and oxygen atoms in total. The fraction of sp³-hybridized carbons (Fsp3) is 1.00. The van der Waals surface area contributed by atoms with Crippen molar-refractivity contribution in [2.45, 2.75) is 38.3 Å². The number of hydrogen-bond donors (Lipinski definition) is 2. The van der Waals surface area contributed by atoms with Gasteiger partial charge in [-0.2, -0.15) is 0 Å². The lowest BCUT2D eigenvalue weighted by atomic mass is 9.82. The second kappa shape index (κ2) is 4.14. The molecule has 72 valence electrons. The minimum Gasteiger partial charge on any atom is -0.386 e. The molecule has 0 aromatic heterocycles. The fourth-order valence-electron chi connectivity index (χ4n) is 1.45. The summed E-state index contributed by atoms with van der Waals surface area (Å²) in [6, 6.07) is 0.341. The average Bonchev–Trinajstić information content (AvgIpc) is 1.95. The normalized spacial score (nSPS) is 31.8. The predicted molar refractivity (Wildman–Crippen MR) is 42.2 cm³/mol. The average molecular weight is 179 g/mol. The standard InChI is InChI=1S/C8H15F2NO/c1-5-2-6(3-5)11-4-7(12)8(9)10/h5-8,11-12H,2-4H2,1H3. The van der Waals surface area contributed by atoms with Gasteiger partial charge in [-0.05, 0) is 18.8 Å². The Morgan fingerprint density at radius 1 is 1.50 bits per heavy atom. The van der Waals surface area contributed by atoms with Crippen LogP contribution in [0.15, 0.2) is 0 Å². The maximum Gasteiger partial charge on any atom is 0.265 e. The van der Waals surface area contributed by atoms with Crippen LogP contribution in [0.25, 0.3) is 0 Å². The van der Waals surface area contributed by atoms with Gasteiger partial charge in [-0.25, -0.2) is 8.78 Å². The summed E-state index contributed by atoms with van der Waals surface area (Å²) in [5.74, 6) is 0.700. The first-order chi connectivity index (χ1) is 5.59. The van der Waals surface area contributed by atoms with Gasteiger partial charge in [0.2, 0.25) is 0 Å². The first kappa shape index (κ1) is 9.86. The van der Waals surface area contributed by atoms with Gasteiger partial charge in [-0.15, -0.1) is 0 Å². The zero-order valence-corrected chi connectivity index (χ0v) is 7.13. The van der Waals surface area contributed by atoms with Crippen molar-refractivity contribution < 1.29 is 13.9 Å². The fourth-order valence-corrected chi connectivity index (χ4v) is 1.45. The van der Waals surface area contributed by atoms with E-state index >= 15 is 0 Å². The predicted octanol–water partition coefficient (Wildman–Crippen LogP) is 1.00. The molecule has 4 heteroatoms. The molecule has 0 amide bonds. The van der Waals surface area contributed by atoms with Crippen LogP contribution in [0.2, 0.25) is 0 Å². The van der Waals surface area contributed by atoms with Crippen LogP contribution in [0.1, 0.15) is 19.8 Å². The van der Waals surface area contributed by atoms with Crippen LogP contribution in [-0.4, -0.2) is 30.2 Å². The van der Waals surface area contributed by atoms with Gasteiger partial charge in [0.05, 0.1) is 0 Å². The number of nitrogens with one attached hydrogen (secondary N) is 1. The summed E-state index contributed by atoms with van der Waals surface area (Å²) >= 11 is 0. The molecule has 1 fully saturated rings. The number of hydrogen-bond acceptors (Lipinski definition) is 2. The van der Waals surface area contributed by atoms with E-state index in [4.69, 9.17) is 5.11 Å². The van der Waals surface area contributed by atoms with E-state index in [2.05, 4.69) is 12.2 Å². The van der Waals surface area contributed by atoms with Gasteiger partial charge >= 0.3 is 0 Å². The van der Waals surface area contributed by atoms with Crippen LogP contribution in [-0.2, 0) is 0 Å². The largest absolute Gasteiger partial charge is 0.386 e. The molecule has 0 aromatic rings. The molecule has 2 N–H and O–H groups in total. The van der Waals surface area contributed by atoms with Crippen molar-refractivity contribution in [2.75, 3.05) is 6.54 Å². The summed E-state index contributed by atoms with van der Waals surface area (Å²) in [4.78, 5) is 0. The Kier molecular flexibility index (Phi) is 3.40. The third kappa shape index (κ3) is 2.68. The summed E-state index contributed by atoms with van der Waals surface area (Å²) in [7, 11) is 0. The smallest absolute Gasteiger partial charge is 0.265 e. The highest BCUT2D eigenvalue weighted by Gasteiger charge is 2.26. The molecule has 0 aromatic carbocycles. The van der Waals surface area contributed by atoms with Gasteiger partial charge in [0.1, 0.15) is 6.10 Å². The lowest BCUT2D eigenvalue weighted by molar-refractivity contribution is -0.00695. The Hall–Kier alpha value is -0.220. The van der Waals surface area contributed by atoms with Crippen LogP contribution in [0.5, 0.6) is 0 Å². The van der Waals surface area contributed by atoms with Gasteiger partial charge in [-0.1, -0.05) is 6.92 Å². The molecule has 12 heavy (non-hydrogen) atoms. The molecule has 1 rings (SSSR count). The monoisotopic (exact) mass is 179 g/mol. The summed E-state index contributed by atoms with van der Waals surface area (Å²) in [6.07, 6.45) is -2.07. The van der Waals surface area contributed by atoms with Crippen molar-refractivity contribution in [3.05, 3.63) is 0 Å². The molecular formula is C8H15F2NO. The minimum atomic E-state index is -2.63. The summed E-state index contributed by atoms with van der Waals surface area (Å²) in [6.45, 7) is 2.14. The zero-order chi connectivity index (χ0) is 9.14. The Labute approximate surface area is 71.0 Å². The van der Waals surface area contributed by atoms with Crippen molar-refractivity contribution in [1.29, 1.82) is 0 Å². The van der Waals surface area contributed by atoms with E-state index in [1.165, 1.54) is 0 Å². The van der Waals surface area contributed by atoms with E-state index in [0.717, 1.165) is 12.8 Å². The van der Waals surface area contributed by atoms with Crippen LogP contribution >= 0.6 is 0 Å². The molecule has 0 aliphatic heterocycles. The summed E-state index contributed by atoms with van der Waals surface area (Å²) in [5.41, 5.74) is 0. The van der Waals surface area contributed by atoms with Crippen LogP contribution in [0, 0.1) is 5.92 Å². The second-order valence-electron chi connectivity index (χ2n) is 3.58. The molecule has 1 aliphatic rings. The first-order valence-electron chi connectivity index (χ1n) is 4.29. The first-order valence-corrected chi connectivity index (χ1v) is 4.29. The molecule has 0 heterocycles. The van der Waals surface area contributed by atoms with Crippen LogP contribution in [0.4, 0.5) is 8.78 Å². The lowest BCUT2D eigenvalue weighted by Crippen LogP contribution is -2.44. The third-order valence-electron chi connectivity index (χ3n) is 2.28. The quantitative estimate of drug-likeness (QED) is 0.674. The number of alkyl halides is 2. The maximum absolute atomic E-state index is 11.8. The number of rotatable bonds is 4. The van der Waals surface area contributed by atoms with Gasteiger partial charge in [0.15, 0.2) is 0 Å². The molecule has 0 spiro atoms. The van der Waals surface area contributed by atoms with Crippen molar-refractivity contribution in [3.8, 4) is 0 Å². The van der Waals surface area contributed by atoms with Crippen molar-refractivity contribution >= 4 is 0 Å². The summed E-state index contributed by atoms with van der Waals surface area (Å²) < 4.78 is 23.6. The SMILES string of the molecule is CC1CC(NCC(O)C(F)F)C1. The Morgan fingerprint density at radius 2 is 2.08 bits per heavy atom. The van der Waals surface area contributed by atoms with Crippen molar-refractivity contribution in [3.63, 3.8) is 0 Å². The highest BCUT2D eigenvalue weighted by molar-refractivity contribution is 4.83. The Balaban J connectivity index is 2.02. The second-order valence-corrected chi connectivity index (χ2v) is 3.58. The summed E-state index contributed by atoms with van der Waals surface area (Å²) in [5, 5.41) is 11.6. The van der Waals surface area contributed by atoms with E-state index in [1.54, 1.807) is 0 Å². The number of halogens is 2. The number of aliphatic hydroxyl groups is 1. The third-order valence-corrected chi connectivity index (χ3v) is 2.28. The Morgan fingerprint density at radius 3 is 2.50 bits per heavy atom. The molecular weight excluding hydrogens is 164 g/mol. The topological polar surface area (TPSA) is 32.3 Å². The van der Waals surface area contributed by atoms with Gasteiger partial charge in [-0.3, -0.25) is 0 Å². The zero-order valence-electron chi connectivity index (χ0n) is 7.13. The van der Waals surface area contributed by atoms with Crippen molar-refractivity contribution in [1.82, 2.24) is 5.32 Å². The van der Waals surface area contributed by atoms with E-state index in [0.29, 0.717) is 12.0 Å². The molecule has 0 radical (unpaired) electrons. The van der Waals surface area contributed by atoms with E-state index in [-0.39, 0.29) is 6.54 Å². The molecule has 1 aliphatic carbocycles. The minimum absolute atomic E-state index is 0.00898.